The molecule has 1 aromatic heterocycles. The van der Waals surface area contributed by atoms with Gasteiger partial charge in [-0.3, -0.25) is 76.7 Å². The number of aromatic hydroxyl groups is 2. The third kappa shape index (κ3) is 31.4. The molecule has 35 nitrogen and oxygen atoms in total. The Hall–Kier alpha value is -12.9. The van der Waals surface area contributed by atoms with Gasteiger partial charge in [0.25, 0.3) is 0 Å². The van der Waals surface area contributed by atoms with Gasteiger partial charge in [-0.2, -0.15) is 11.8 Å². The van der Waals surface area contributed by atoms with E-state index in [0.29, 0.717) is 46.0 Å². The van der Waals surface area contributed by atoms with E-state index in [1.165, 1.54) is 95.5 Å². The number of nitrogens with zero attached hydrogens (tertiary/aromatic N) is 5. The molecule has 122 heavy (non-hydrogen) atoms. The van der Waals surface area contributed by atoms with Gasteiger partial charge in [0, 0.05) is 84.4 Å². The first-order valence-electron chi connectivity index (χ1n) is 40.0. The summed E-state index contributed by atoms with van der Waals surface area (Å²) in [6, 6.07) is 23.0. The molecule has 0 saturated heterocycles. The lowest BCUT2D eigenvalue weighted by molar-refractivity contribution is -0.148. The standard InChI is InChI=1S/C86H114N16O19S/c1-12-13-28-68(101(9)75(110)49-100(8)83(118)66(93-74(109)50-122-11)39-53-22-16-14-17-23-53)85(120)99(7)48-73(108)92-65(43-76(111)112)81(116)97-77(52(4)5)86(121)102(10)69(41-54-24-18-15-19-25-54)82(117)96-67(40-56-31-35-59(104)36-32-56)84(119)98(6)47-72(107)91-64(42-57-44-88-61-27-21-20-26-60(57)61)80(115)95-63(38-55-29-33-58(103)34-30-55)79(114)94-62(37-51(2)3)78(113)90-46-71(106)89-45-70(87)105/h14-27,29-36,44,51-52,62-69,77,88,103-104H,12-13,28,37-43,45-50H2,1-11H3,(H2,87,105)(H,89,106)(H,90,113)(H,91,107)(H,92,108)(H,93,109)(H,94,114)(H,95,115)(H,96,117)(H,97,116)(H,111,112)/t62-,63-,64-,65?,66-,67-,68-,69-,77-/m0/s1. The molecular formula is C86H114N16O19S. The van der Waals surface area contributed by atoms with Crippen LogP contribution in [-0.4, -0.2) is 274 Å². The number of hydrogen-bond donors (Lipinski definition) is 14. The topological polar surface area (TPSA) is 500 Å². The first kappa shape index (κ1) is 97.9. The summed E-state index contributed by atoms with van der Waals surface area (Å²) in [6.07, 6.45) is 2.77. The number of nitrogens with one attached hydrogen (secondary N) is 10. The molecule has 0 aliphatic rings. The van der Waals surface area contributed by atoms with Crippen molar-refractivity contribution in [1.29, 1.82) is 0 Å². The Kier molecular flexibility index (Phi) is 38.8. The van der Waals surface area contributed by atoms with Crippen molar-refractivity contribution in [2.75, 3.05) is 80.0 Å². The number of carboxylic acid groups (broad SMARTS) is 1. The van der Waals surface area contributed by atoms with Crippen molar-refractivity contribution >= 4 is 117 Å². The van der Waals surface area contributed by atoms with Gasteiger partial charge < -0.3 is 98.4 Å². The van der Waals surface area contributed by atoms with Crippen LogP contribution in [0.3, 0.4) is 0 Å². The van der Waals surface area contributed by atoms with Gasteiger partial charge in [0.05, 0.1) is 44.9 Å². The van der Waals surface area contributed by atoms with Crippen molar-refractivity contribution in [3.63, 3.8) is 0 Å². The monoisotopic (exact) mass is 1710 g/mol. The van der Waals surface area contributed by atoms with Crippen molar-refractivity contribution in [2.45, 2.75) is 153 Å². The Morgan fingerprint density at radius 2 is 0.918 bits per heavy atom. The molecule has 15 N–H and O–H groups in total. The maximum atomic E-state index is 15.3. The fraction of sp³-hybridized carbons (Fsp3) is 0.442. The molecule has 15 amide bonds. The number of carbonyl (C=O) groups excluding carboxylic acids is 15. The number of nitrogens with two attached hydrogens (primary N) is 1. The molecule has 0 saturated carbocycles. The fourth-order valence-corrected chi connectivity index (χ4v) is 13.8. The Morgan fingerprint density at radius 1 is 0.451 bits per heavy atom. The van der Waals surface area contributed by atoms with E-state index >= 15 is 19.2 Å². The number of unbranched alkanes of at least 4 members (excludes halogenated alkanes) is 1. The van der Waals surface area contributed by atoms with Crippen molar-refractivity contribution in [3.05, 3.63) is 167 Å². The Balaban J connectivity index is 1.22. The predicted molar refractivity (Wildman–Crippen MR) is 455 cm³/mol. The molecular weight excluding hydrogens is 1590 g/mol. The lowest BCUT2D eigenvalue weighted by Gasteiger charge is -2.34. The molecule has 36 heteroatoms. The number of thioether (sulfide) groups is 1. The van der Waals surface area contributed by atoms with E-state index < -0.39 is 188 Å². The minimum absolute atomic E-state index is 0.0548. The second-order valence-electron chi connectivity index (χ2n) is 30.8. The zero-order valence-corrected chi connectivity index (χ0v) is 71.4. The highest BCUT2D eigenvalue weighted by Gasteiger charge is 2.40. The minimum atomic E-state index is -1.87. The molecule has 0 fully saturated rings. The third-order valence-corrected chi connectivity index (χ3v) is 20.6. The molecule has 1 unspecified atom stereocenters. The zero-order valence-electron chi connectivity index (χ0n) is 70.5. The number of H-pyrrole nitrogens is 1. The van der Waals surface area contributed by atoms with E-state index in [-0.39, 0.29) is 74.0 Å². The fourth-order valence-electron chi connectivity index (χ4n) is 13.4. The Morgan fingerprint density at radius 3 is 1.45 bits per heavy atom. The van der Waals surface area contributed by atoms with E-state index in [0.717, 1.165) is 30.1 Å². The molecule has 0 radical (unpaired) electrons. The van der Waals surface area contributed by atoms with Crippen LogP contribution in [0, 0.1) is 11.8 Å². The van der Waals surface area contributed by atoms with Crippen molar-refractivity contribution < 1.29 is 92.0 Å². The zero-order chi connectivity index (χ0) is 90.0. The molecule has 0 aliphatic carbocycles. The summed E-state index contributed by atoms with van der Waals surface area (Å²) in [5.41, 5.74) is 8.49. The number of rotatable bonds is 48. The number of aromatic amines is 1. The number of carbonyl (C=O) groups is 16. The molecule has 1 heterocycles. The van der Waals surface area contributed by atoms with Crippen LogP contribution >= 0.6 is 11.8 Å². The van der Waals surface area contributed by atoms with Crippen LogP contribution in [0.4, 0.5) is 0 Å². The van der Waals surface area contributed by atoms with Crippen LogP contribution in [0.2, 0.25) is 0 Å². The number of primary amides is 1. The lowest BCUT2D eigenvalue weighted by atomic mass is 9.98. The van der Waals surface area contributed by atoms with Crippen LogP contribution in [-0.2, 0) is 109 Å². The first-order chi connectivity index (χ1) is 57.9. The number of phenolic OH excluding ortho intramolecular Hbond substituents is 2. The highest BCUT2D eigenvalue weighted by molar-refractivity contribution is 7.99. The van der Waals surface area contributed by atoms with E-state index in [9.17, 15) is 72.9 Å². The van der Waals surface area contributed by atoms with Crippen molar-refractivity contribution in [2.24, 2.45) is 17.6 Å². The van der Waals surface area contributed by atoms with E-state index in [1.807, 2.05) is 6.92 Å². The summed E-state index contributed by atoms with van der Waals surface area (Å²) < 4.78 is 0. The number of aromatic nitrogens is 1. The summed E-state index contributed by atoms with van der Waals surface area (Å²) in [5.74, 6) is -14.9. The smallest absolute Gasteiger partial charge is 0.305 e. The highest BCUT2D eigenvalue weighted by atomic mass is 32.2. The normalized spacial score (nSPS) is 13.3. The number of benzene rings is 5. The second-order valence-corrected chi connectivity index (χ2v) is 31.7. The van der Waals surface area contributed by atoms with E-state index in [2.05, 4.69) is 52.8 Å². The number of phenols is 2. The van der Waals surface area contributed by atoms with Gasteiger partial charge in [-0.05, 0) is 89.1 Å². The molecule has 9 atom stereocenters. The average Bonchev–Trinajstić information content (AvgIpc) is 1.52. The summed E-state index contributed by atoms with van der Waals surface area (Å²) in [6.45, 7) is 5.44. The molecule has 6 aromatic rings. The summed E-state index contributed by atoms with van der Waals surface area (Å²) >= 11 is 1.27. The van der Waals surface area contributed by atoms with E-state index in [1.54, 1.807) is 125 Å². The van der Waals surface area contributed by atoms with Gasteiger partial charge in [-0.1, -0.05) is 151 Å². The number of carboxylic acids is 1. The van der Waals surface area contributed by atoms with Crippen LogP contribution in [0.1, 0.15) is 94.5 Å². The SMILES string of the molecule is CCCC[C@@H](C(=O)N(C)CC(=O)NC(CC(=O)O)C(=O)N[C@H](C(=O)N(C)[C@@H](Cc1ccccc1)C(=O)N[C@@H](Cc1ccc(O)cc1)C(=O)N(C)CC(=O)N[C@@H](Cc1c[nH]c2ccccc12)C(=O)N[C@@H](Cc1ccc(O)cc1)C(=O)N[C@@H](CC(C)C)C(=O)NCC(=O)NCC(N)=O)C(C)C)N(C)C(=O)CN(C)C(=O)[C@H](Cc1ccccc1)NC(=O)CSC. The van der Waals surface area contributed by atoms with Gasteiger partial charge in [-0.15, -0.1) is 0 Å². The largest absolute Gasteiger partial charge is 0.508 e. The number of aliphatic carboxylic acids is 1. The lowest BCUT2D eigenvalue weighted by Crippen LogP contribution is -2.61. The number of amides is 15. The quantitative estimate of drug-likeness (QED) is 0.0253. The number of likely N-dealkylation sites (N-methyl/N-ethyl adjacent to an activating group) is 5. The number of fused-ring (bicyclic) bond motifs is 1. The van der Waals surface area contributed by atoms with Gasteiger partial charge >= 0.3 is 5.97 Å². The average molecular weight is 1710 g/mol. The van der Waals surface area contributed by atoms with Gasteiger partial charge in [0.2, 0.25) is 88.6 Å². The predicted octanol–water partition coefficient (Wildman–Crippen LogP) is 0.963. The Labute approximate surface area is 712 Å². The minimum Gasteiger partial charge on any atom is -0.508 e. The van der Waals surface area contributed by atoms with Crippen molar-refractivity contribution in [3.8, 4) is 11.5 Å². The van der Waals surface area contributed by atoms with Gasteiger partial charge in [0.1, 0.15) is 65.9 Å². The third-order valence-electron chi connectivity index (χ3n) is 20.1. The summed E-state index contributed by atoms with van der Waals surface area (Å²) in [5, 5.41) is 54.7. The Bertz CT molecular complexity index is 4610. The highest BCUT2D eigenvalue weighted by Crippen LogP contribution is 2.23. The van der Waals surface area contributed by atoms with Gasteiger partial charge in [0.15, 0.2) is 0 Å². The maximum absolute atomic E-state index is 15.3. The van der Waals surface area contributed by atoms with Crippen LogP contribution in [0.25, 0.3) is 10.9 Å². The molecule has 658 valence electrons. The van der Waals surface area contributed by atoms with E-state index in [4.69, 9.17) is 5.73 Å². The number of para-hydroxylation sites is 1. The van der Waals surface area contributed by atoms with Crippen LogP contribution in [0.15, 0.2) is 140 Å². The molecule has 0 aliphatic heterocycles. The molecule has 0 spiro atoms. The second kappa shape index (κ2) is 48.4. The van der Waals surface area contributed by atoms with Crippen LogP contribution < -0.4 is 53.6 Å². The van der Waals surface area contributed by atoms with Gasteiger partial charge in [-0.25, -0.2) is 0 Å². The molecule has 5 aromatic carbocycles. The van der Waals surface area contributed by atoms with Crippen LogP contribution in [0.5, 0.6) is 11.5 Å². The first-order valence-corrected chi connectivity index (χ1v) is 41.3. The maximum Gasteiger partial charge on any atom is 0.305 e. The molecule has 0 bridgehead atoms. The van der Waals surface area contributed by atoms with Crippen molar-refractivity contribution in [1.82, 2.24) is 77.3 Å². The molecule has 6 rings (SSSR count). The summed E-state index contributed by atoms with van der Waals surface area (Å²) in [4.78, 5) is 232. The summed E-state index contributed by atoms with van der Waals surface area (Å²) in [7, 11) is 6.58. The number of hydrogen-bond acceptors (Lipinski definition) is 19.